The summed E-state index contributed by atoms with van der Waals surface area (Å²) < 4.78 is 29.4. The lowest BCUT2D eigenvalue weighted by Crippen LogP contribution is -2.53. The Bertz CT molecular complexity index is 1480. The molecule has 218 valence electrons. The van der Waals surface area contributed by atoms with Gasteiger partial charge in [-0.2, -0.15) is 0 Å². The first-order valence-electron chi connectivity index (χ1n) is 13.4. The lowest BCUT2D eigenvalue weighted by atomic mass is 9.95. The van der Waals surface area contributed by atoms with E-state index in [2.05, 4.69) is 21.2 Å². The Hall–Kier alpha value is -2.59. The first-order valence-corrected chi connectivity index (χ1v) is 16.4. The van der Waals surface area contributed by atoms with Crippen LogP contribution < -0.4 is 9.62 Å². The maximum absolute atomic E-state index is 14.1. The predicted molar refractivity (Wildman–Crippen MR) is 167 cm³/mol. The van der Waals surface area contributed by atoms with Gasteiger partial charge in [0.1, 0.15) is 12.6 Å². The van der Waals surface area contributed by atoms with Gasteiger partial charge < -0.3 is 10.2 Å². The SMILES string of the molecule is C[C@@H](C(=O)NC1CCCCC1)N(Cc1ccc(Cl)cc1Cl)C(=O)CN(c1cccc(Br)c1)S(=O)(=O)c1ccccc1. The van der Waals surface area contributed by atoms with E-state index in [4.69, 9.17) is 23.2 Å². The number of carbonyl (C=O) groups is 2. The largest absolute Gasteiger partial charge is 0.352 e. The summed E-state index contributed by atoms with van der Waals surface area (Å²) in [6.45, 7) is 1.11. The van der Waals surface area contributed by atoms with Gasteiger partial charge in [0.15, 0.2) is 0 Å². The highest BCUT2D eigenvalue weighted by atomic mass is 79.9. The Morgan fingerprint density at radius 2 is 1.68 bits per heavy atom. The van der Waals surface area contributed by atoms with Crippen molar-refractivity contribution in [3.63, 3.8) is 0 Å². The van der Waals surface area contributed by atoms with Gasteiger partial charge in [0.25, 0.3) is 10.0 Å². The Kier molecular flexibility index (Phi) is 10.7. The molecule has 1 aliphatic carbocycles. The van der Waals surface area contributed by atoms with Crippen molar-refractivity contribution < 1.29 is 18.0 Å². The second-order valence-corrected chi connectivity index (χ2v) is 13.7. The molecule has 11 heteroatoms. The predicted octanol–water partition coefficient (Wildman–Crippen LogP) is 6.82. The molecule has 0 saturated heterocycles. The first kappa shape index (κ1) is 31.3. The molecule has 3 aromatic rings. The van der Waals surface area contributed by atoms with Crippen LogP contribution in [-0.4, -0.2) is 43.8 Å². The van der Waals surface area contributed by atoms with E-state index >= 15 is 0 Å². The lowest BCUT2D eigenvalue weighted by molar-refractivity contribution is -0.139. The van der Waals surface area contributed by atoms with Crippen molar-refractivity contribution in [2.75, 3.05) is 10.8 Å². The van der Waals surface area contributed by atoms with Gasteiger partial charge in [-0.15, -0.1) is 0 Å². The van der Waals surface area contributed by atoms with Gasteiger partial charge in [-0.25, -0.2) is 8.42 Å². The highest BCUT2D eigenvalue weighted by molar-refractivity contribution is 9.10. The molecular formula is C30H32BrCl2N3O4S. The number of hydrogen-bond acceptors (Lipinski definition) is 4. The van der Waals surface area contributed by atoms with Crippen LogP contribution in [-0.2, 0) is 26.2 Å². The Labute approximate surface area is 260 Å². The number of nitrogens with one attached hydrogen (secondary N) is 1. The molecule has 0 aliphatic heterocycles. The monoisotopic (exact) mass is 679 g/mol. The molecule has 4 rings (SSSR count). The standard InChI is InChI=1S/C30H32BrCl2N3O4S/c1-21(30(38)34-25-10-4-2-5-11-25)35(19-22-15-16-24(32)18-28(22)33)29(37)20-36(26-12-8-9-23(31)17-26)41(39,40)27-13-6-3-7-14-27/h3,6-9,12-18,21,25H,2,4-5,10-11,19-20H2,1H3,(H,34,38)/t21-/m0/s1. The number of rotatable bonds is 10. The van der Waals surface area contributed by atoms with Crippen molar-refractivity contribution in [1.82, 2.24) is 10.2 Å². The van der Waals surface area contributed by atoms with Crippen LogP contribution in [0.25, 0.3) is 0 Å². The van der Waals surface area contributed by atoms with Gasteiger partial charge in [0.05, 0.1) is 10.6 Å². The van der Waals surface area contributed by atoms with Crippen molar-refractivity contribution in [1.29, 1.82) is 0 Å². The Morgan fingerprint density at radius 3 is 2.34 bits per heavy atom. The van der Waals surface area contributed by atoms with Gasteiger partial charge >= 0.3 is 0 Å². The molecule has 7 nitrogen and oxygen atoms in total. The molecular weight excluding hydrogens is 649 g/mol. The zero-order valence-electron chi connectivity index (χ0n) is 22.6. The fraction of sp³-hybridized carbons (Fsp3) is 0.333. The third-order valence-corrected chi connectivity index (χ3v) is 10.0. The number of hydrogen-bond donors (Lipinski definition) is 1. The summed E-state index contributed by atoms with van der Waals surface area (Å²) in [6, 6.07) is 18.7. The van der Waals surface area contributed by atoms with E-state index in [9.17, 15) is 18.0 Å². The fourth-order valence-corrected chi connectivity index (χ4v) is 7.15. The molecule has 0 bridgehead atoms. The van der Waals surface area contributed by atoms with E-state index in [1.54, 1.807) is 67.6 Å². The molecule has 1 N–H and O–H groups in total. The average molecular weight is 681 g/mol. The number of amides is 2. The van der Waals surface area contributed by atoms with E-state index in [-0.39, 0.29) is 23.4 Å². The maximum atomic E-state index is 14.1. The highest BCUT2D eigenvalue weighted by Gasteiger charge is 2.33. The molecule has 0 radical (unpaired) electrons. The summed E-state index contributed by atoms with van der Waals surface area (Å²) in [4.78, 5) is 28.9. The molecule has 1 atom stereocenters. The van der Waals surface area contributed by atoms with Crippen LogP contribution in [0.2, 0.25) is 10.0 Å². The van der Waals surface area contributed by atoms with Crippen molar-refractivity contribution >= 4 is 66.7 Å². The first-order chi connectivity index (χ1) is 19.6. The van der Waals surface area contributed by atoms with Crippen LogP contribution in [0.15, 0.2) is 82.2 Å². The third kappa shape index (κ3) is 8.03. The second-order valence-electron chi connectivity index (χ2n) is 10.1. The van der Waals surface area contributed by atoms with Crippen LogP contribution in [0.1, 0.15) is 44.6 Å². The minimum atomic E-state index is -4.13. The number of benzene rings is 3. The molecule has 0 aromatic heterocycles. The topological polar surface area (TPSA) is 86.8 Å². The summed E-state index contributed by atoms with van der Waals surface area (Å²) in [5.74, 6) is -0.850. The summed E-state index contributed by atoms with van der Waals surface area (Å²) in [5.41, 5.74) is 0.891. The minimum Gasteiger partial charge on any atom is -0.352 e. The summed E-state index contributed by atoms with van der Waals surface area (Å²) in [5, 5.41) is 3.87. The molecule has 0 spiro atoms. The smallest absolute Gasteiger partial charge is 0.264 e. The molecule has 0 heterocycles. The molecule has 1 saturated carbocycles. The zero-order chi connectivity index (χ0) is 29.6. The molecule has 1 aliphatic rings. The third-order valence-electron chi connectivity index (χ3n) is 7.18. The average Bonchev–Trinajstić information content (AvgIpc) is 2.96. The number of nitrogens with zero attached hydrogens (tertiary/aromatic N) is 2. The van der Waals surface area contributed by atoms with Crippen LogP contribution >= 0.6 is 39.1 Å². The van der Waals surface area contributed by atoms with Gasteiger partial charge in [-0.05, 0) is 67.8 Å². The molecule has 1 fully saturated rings. The fourth-order valence-electron chi connectivity index (χ4n) is 4.86. The number of anilines is 1. The van der Waals surface area contributed by atoms with Crippen molar-refractivity contribution in [3.05, 3.63) is 92.9 Å². The highest BCUT2D eigenvalue weighted by Crippen LogP contribution is 2.28. The number of sulfonamides is 1. The van der Waals surface area contributed by atoms with Gasteiger partial charge in [0, 0.05) is 27.1 Å². The minimum absolute atomic E-state index is 0.00814. The second kappa shape index (κ2) is 14.1. The quantitative estimate of drug-likeness (QED) is 0.255. The summed E-state index contributed by atoms with van der Waals surface area (Å²) >= 11 is 15.9. The van der Waals surface area contributed by atoms with Crippen molar-refractivity contribution in [2.45, 2.75) is 62.6 Å². The van der Waals surface area contributed by atoms with E-state index in [0.29, 0.717) is 25.8 Å². The zero-order valence-corrected chi connectivity index (χ0v) is 26.5. The van der Waals surface area contributed by atoms with Gasteiger partial charge in [-0.1, -0.05) is 88.7 Å². The Morgan fingerprint density at radius 1 is 0.976 bits per heavy atom. The van der Waals surface area contributed by atoms with Gasteiger partial charge in [0.2, 0.25) is 11.8 Å². The molecule has 2 amide bonds. The van der Waals surface area contributed by atoms with Crippen molar-refractivity contribution in [2.24, 2.45) is 0 Å². The number of halogens is 3. The molecule has 0 unspecified atom stereocenters. The maximum Gasteiger partial charge on any atom is 0.264 e. The summed E-state index contributed by atoms with van der Waals surface area (Å²) in [6.07, 6.45) is 5.01. The molecule has 3 aromatic carbocycles. The molecule has 41 heavy (non-hydrogen) atoms. The van der Waals surface area contributed by atoms with Crippen molar-refractivity contribution in [3.8, 4) is 0 Å². The van der Waals surface area contributed by atoms with Crippen LogP contribution in [0.3, 0.4) is 0 Å². The summed E-state index contributed by atoms with van der Waals surface area (Å²) in [7, 11) is -4.13. The van der Waals surface area contributed by atoms with E-state index in [1.807, 2.05) is 0 Å². The number of carbonyl (C=O) groups excluding carboxylic acids is 2. The lowest BCUT2D eigenvalue weighted by Gasteiger charge is -2.33. The van der Waals surface area contributed by atoms with Gasteiger partial charge in [-0.3, -0.25) is 13.9 Å². The van der Waals surface area contributed by atoms with E-state index < -0.39 is 28.5 Å². The Balaban J connectivity index is 1.69. The van der Waals surface area contributed by atoms with Crippen LogP contribution in [0.5, 0.6) is 0 Å². The normalized spacial score (nSPS) is 14.7. The van der Waals surface area contributed by atoms with Crippen LogP contribution in [0, 0.1) is 0 Å². The van der Waals surface area contributed by atoms with E-state index in [0.717, 1.165) is 36.4 Å². The van der Waals surface area contributed by atoms with Crippen LogP contribution in [0.4, 0.5) is 5.69 Å². The van der Waals surface area contributed by atoms with E-state index in [1.165, 1.54) is 17.0 Å².